The van der Waals surface area contributed by atoms with Crippen LogP contribution < -0.4 is 5.32 Å². The Labute approximate surface area is 187 Å². The van der Waals surface area contributed by atoms with E-state index in [1.165, 1.54) is 0 Å². The molecule has 2 N–H and O–H groups in total. The van der Waals surface area contributed by atoms with Crippen molar-refractivity contribution in [3.05, 3.63) is 60.4 Å². The zero-order valence-electron chi connectivity index (χ0n) is 19.8. The predicted octanol–water partition coefficient (Wildman–Crippen LogP) is 5.03. The number of hydrogen-bond acceptors (Lipinski definition) is 5. The molecule has 31 heavy (non-hydrogen) atoms. The summed E-state index contributed by atoms with van der Waals surface area (Å²) in [5, 5.41) is 22.5. The van der Waals surface area contributed by atoms with Crippen LogP contribution in [0.1, 0.15) is 45.7 Å². The topological polar surface area (TPSA) is 73.1 Å². The summed E-state index contributed by atoms with van der Waals surface area (Å²) >= 11 is 0. The van der Waals surface area contributed by atoms with Gasteiger partial charge in [0.1, 0.15) is 11.6 Å². The molecule has 1 aromatic heterocycles. The van der Waals surface area contributed by atoms with E-state index >= 15 is 0 Å². The minimum Gasteiger partial charge on any atom is -0.507 e. The lowest BCUT2D eigenvalue weighted by molar-refractivity contribution is 0.355. The monoisotopic (exact) mass is 423 g/mol. The number of rotatable bonds is 4. The Hall–Kier alpha value is -2.99. The van der Waals surface area contributed by atoms with Crippen LogP contribution in [0, 0.1) is 6.92 Å². The number of aromatic hydroxyl groups is 1. The summed E-state index contributed by atoms with van der Waals surface area (Å²) < 4.78 is 0. The zero-order chi connectivity index (χ0) is 23.2. The number of allylic oxidation sites excluding steroid dienone is 1. The van der Waals surface area contributed by atoms with Gasteiger partial charge in [0.25, 0.3) is 0 Å². The van der Waals surface area contributed by atoms with E-state index in [9.17, 15) is 5.11 Å². The summed E-state index contributed by atoms with van der Waals surface area (Å²) in [5.74, 6) is 1.01. The average molecular weight is 424 g/mol. The number of benzene rings is 1. The molecule has 1 saturated heterocycles. The van der Waals surface area contributed by atoms with Crippen LogP contribution in [-0.2, 0) is 0 Å². The van der Waals surface area contributed by atoms with Crippen molar-refractivity contribution < 1.29 is 5.11 Å². The van der Waals surface area contributed by atoms with Gasteiger partial charge in [0.2, 0.25) is 0 Å². The smallest absolute Gasteiger partial charge is 0.125 e. The van der Waals surface area contributed by atoms with E-state index in [2.05, 4.69) is 32.0 Å². The highest BCUT2D eigenvalue weighted by Gasteiger charge is 2.12. The van der Waals surface area contributed by atoms with Crippen LogP contribution in [0.5, 0.6) is 5.75 Å². The Morgan fingerprint density at radius 1 is 1.13 bits per heavy atom. The fourth-order valence-corrected chi connectivity index (χ4v) is 3.10. The standard InChI is InChI=1S/C21H25N5O.2C2H6/c1-4-20(25-24-16(3)26-11-9-22-10-12-26)19-6-5-17(13-21(19)27)18-7-8-23-14-15(18)2;2*1-2/h4-8,13-14,22,27H,1,9-12H2,2-3H3;2*1-2H3/b24-16+,25-20+;;. The third-order valence-corrected chi connectivity index (χ3v) is 4.68. The van der Waals surface area contributed by atoms with Gasteiger partial charge < -0.3 is 15.3 Å². The molecule has 0 spiro atoms. The Bertz CT molecular complexity index is 883. The van der Waals surface area contributed by atoms with Crippen LogP contribution in [0.4, 0.5) is 0 Å². The second-order valence-electron chi connectivity index (χ2n) is 6.50. The third-order valence-electron chi connectivity index (χ3n) is 4.68. The number of phenolic OH excluding ortho intramolecular Hbond substituents is 1. The first kappa shape index (κ1) is 26.0. The first-order chi connectivity index (χ1) is 15.1. The SMILES string of the molecule is C=C/C(=N\N=C(/C)N1CCNCC1)c1ccc(-c2ccncc2C)cc1O.CC.CC. The van der Waals surface area contributed by atoms with Gasteiger partial charge in [0.05, 0.1) is 5.71 Å². The lowest BCUT2D eigenvalue weighted by atomic mass is 9.99. The molecule has 2 heterocycles. The van der Waals surface area contributed by atoms with Crippen molar-refractivity contribution in [3.63, 3.8) is 0 Å². The minimum atomic E-state index is 0.150. The van der Waals surface area contributed by atoms with E-state index < -0.39 is 0 Å². The minimum absolute atomic E-state index is 0.150. The summed E-state index contributed by atoms with van der Waals surface area (Å²) in [5.41, 5.74) is 4.17. The molecule has 1 aliphatic rings. The number of nitrogens with one attached hydrogen (secondary N) is 1. The number of amidine groups is 1. The molecule has 0 saturated carbocycles. The van der Waals surface area contributed by atoms with Crippen LogP contribution in [0.15, 0.2) is 59.5 Å². The summed E-state index contributed by atoms with van der Waals surface area (Å²) in [4.78, 5) is 6.30. The summed E-state index contributed by atoms with van der Waals surface area (Å²) in [6.45, 7) is 19.5. The van der Waals surface area contributed by atoms with Gasteiger partial charge in [-0.3, -0.25) is 4.98 Å². The van der Waals surface area contributed by atoms with Gasteiger partial charge in [-0.25, -0.2) is 0 Å². The van der Waals surface area contributed by atoms with Gasteiger partial charge in [-0.05, 0) is 54.8 Å². The Morgan fingerprint density at radius 3 is 2.39 bits per heavy atom. The fourth-order valence-electron chi connectivity index (χ4n) is 3.10. The highest BCUT2D eigenvalue weighted by atomic mass is 16.3. The number of aryl methyl sites for hydroxylation is 1. The quantitative estimate of drug-likeness (QED) is 0.411. The first-order valence-electron chi connectivity index (χ1n) is 11.0. The maximum Gasteiger partial charge on any atom is 0.125 e. The molecule has 0 amide bonds. The molecule has 2 aromatic rings. The van der Waals surface area contributed by atoms with Crippen molar-refractivity contribution in [3.8, 4) is 16.9 Å². The predicted molar refractivity (Wildman–Crippen MR) is 133 cm³/mol. The second kappa shape index (κ2) is 14.1. The Morgan fingerprint density at radius 2 is 1.81 bits per heavy atom. The van der Waals surface area contributed by atoms with Crippen LogP contribution in [0.25, 0.3) is 11.1 Å². The molecule has 0 radical (unpaired) electrons. The Balaban J connectivity index is 0.00000113. The highest BCUT2D eigenvalue weighted by Crippen LogP contribution is 2.28. The van der Waals surface area contributed by atoms with Crippen molar-refractivity contribution in [1.29, 1.82) is 0 Å². The molecule has 1 fully saturated rings. The van der Waals surface area contributed by atoms with Crippen LogP contribution >= 0.6 is 0 Å². The summed E-state index contributed by atoms with van der Waals surface area (Å²) in [6, 6.07) is 7.49. The van der Waals surface area contributed by atoms with Gasteiger partial charge >= 0.3 is 0 Å². The molecule has 168 valence electrons. The van der Waals surface area contributed by atoms with Gasteiger partial charge in [-0.2, -0.15) is 0 Å². The van der Waals surface area contributed by atoms with E-state index in [-0.39, 0.29) is 5.75 Å². The summed E-state index contributed by atoms with van der Waals surface area (Å²) in [7, 11) is 0. The molecular weight excluding hydrogens is 386 g/mol. The van der Waals surface area contributed by atoms with Crippen LogP contribution in [0.2, 0.25) is 0 Å². The van der Waals surface area contributed by atoms with E-state index in [1.54, 1.807) is 18.3 Å². The van der Waals surface area contributed by atoms with Crippen molar-refractivity contribution >= 4 is 11.5 Å². The first-order valence-corrected chi connectivity index (χ1v) is 11.0. The van der Waals surface area contributed by atoms with E-state index in [0.29, 0.717) is 11.3 Å². The van der Waals surface area contributed by atoms with Crippen molar-refractivity contribution in [2.45, 2.75) is 41.5 Å². The third kappa shape index (κ3) is 7.33. The lowest BCUT2D eigenvalue weighted by Crippen LogP contribution is -2.45. The zero-order valence-corrected chi connectivity index (χ0v) is 19.8. The second-order valence-corrected chi connectivity index (χ2v) is 6.50. The number of aromatic nitrogens is 1. The van der Waals surface area contributed by atoms with Crippen molar-refractivity contribution in [1.82, 2.24) is 15.2 Å². The van der Waals surface area contributed by atoms with Gasteiger partial charge in [0.15, 0.2) is 0 Å². The lowest BCUT2D eigenvalue weighted by Gasteiger charge is -2.28. The number of phenols is 1. The number of piperazine rings is 1. The molecule has 0 atom stereocenters. The Kier molecular flexibility index (Phi) is 11.8. The van der Waals surface area contributed by atoms with Gasteiger partial charge in [0, 0.05) is 44.1 Å². The molecule has 6 heteroatoms. The molecule has 0 unspecified atom stereocenters. The average Bonchev–Trinajstić information content (AvgIpc) is 2.83. The molecule has 0 bridgehead atoms. The van der Waals surface area contributed by atoms with E-state index in [0.717, 1.165) is 48.7 Å². The van der Waals surface area contributed by atoms with E-state index in [4.69, 9.17) is 0 Å². The van der Waals surface area contributed by atoms with Crippen LogP contribution in [-0.4, -0.2) is 52.7 Å². The normalized spacial score (nSPS) is 14.1. The van der Waals surface area contributed by atoms with E-state index in [1.807, 2.05) is 65.9 Å². The molecule has 6 nitrogen and oxygen atoms in total. The molecule has 0 aliphatic carbocycles. The van der Waals surface area contributed by atoms with Crippen molar-refractivity contribution in [2.75, 3.05) is 26.2 Å². The molecule has 3 rings (SSSR count). The molecule has 1 aliphatic heterocycles. The highest BCUT2D eigenvalue weighted by molar-refractivity contribution is 6.10. The van der Waals surface area contributed by atoms with Crippen molar-refractivity contribution in [2.24, 2.45) is 10.2 Å². The molecular formula is C25H37N5O. The largest absolute Gasteiger partial charge is 0.507 e. The maximum atomic E-state index is 10.5. The van der Waals surface area contributed by atoms with Gasteiger partial charge in [-0.15, -0.1) is 10.2 Å². The van der Waals surface area contributed by atoms with Gasteiger partial charge in [-0.1, -0.05) is 40.3 Å². The van der Waals surface area contributed by atoms with Crippen LogP contribution in [0.3, 0.4) is 0 Å². The number of pyridine rings is 1. The number of nitrogens with zero attached hydrogens (tertiary/aromatic N) is 4. The fraction of sp³-hybridized carbons (Fsp3) is 0.400. The maximum absolute atomic E-state index is 10.5. The molecule has 1 aromatic carbocycles. The summed E-state index contributed by atoms with van der Waals surface area (Å²) in [6.07, 6.45) is 5.17. The number of hydrogen-bond donors (Lipinski definition) is 2.